The predicted molar refractivity (Wildman–Crippen MR) is 100 cm³/mol. The summed E-state index contributed by atoms with van der Waals surface area (Å²) in [7, 11) is 0. The van der Waals surface area contributed by atoms with E-state index in [4.69, 9.17) is 5.73 Å². The molecule has 1 fully saturated rings. The zero-order valence-corrected chi connectivity index (χ0v) is 15.6. The summed E-state index contributed by atoms with van der Waals surface area (Å²) in [4.78, 5) is 16.8. The van der Waals surface area contributed by atoms with E-state index in [9.17, 15) is 4.79 Å². The van der Waals surface area contributed by atoms with E-state index in [1.165, 1.54) is 0 Å². The number of nitrogens with zero attached hydrogens (tertiary/aromatic N) is 2. The molecule has 1 heterocycles. The van der Waals surface area contributed by atoms with Crippen molar-refractivity contribution >= 4 is 30.7 Å². The molecule has 0 bridgehead atoms. The smallest absolute Gasteiger partial charge is 0.239 e. The summed E-state index contributed by atoms with van der Waals surface area (Å²) in [6.45, 7) is 9.09. The van der Waals surface area contributed by atoms with Crippen molar-refractivity contribution in [3.63, 3.8) is 0 Å². The highest BCUT2D eigenvalue weighted by Crippen LogP contribution is 2.09. The molecule has 6 heteroatoms. The second kappa shape index (κ2) is 10.9. The maximum atomic E-state index is 12.4. The van der Waals surface area contributed by atoms with E-state index >= 15 is 0 Å². The molecule has 0 aromatic heterocycles. The predicted octanol–water partition coefficient (Wildman–Crippen LogP) is 2.20. The van der Waals surface area contributed by atoms with Gasteiger partial charge in [-0.25, -0.2) is 0 Å². The van der Waals surface area contributed by atoms with Crippen LogP contribution < -0.4 is 5.73 Å². The summed E-state index contributed by atoms with van der Waals surface area (Å²) in [5.41, 5.74) is 7.21. The third-order valence-corrected chi connectivity index (χ3v) is 3.92. The zero-order chi connectivity index (χ0) is 15.2. The minimum absolute atomic E-state index is 0. The SMILES string of the molecule is CC(C)CN1CCN(C(=O)C(N)Cc2ccccc2)CC1.Cl.Cl. The number of amides is 1. The molecule has 2 N–H and O–H groups in total. The van der Waals surface area contributed by atoms with Gasteiger partial charge in [-0.2, -0.15) is 0 Å². The molecule has 0 aliphatic carbocycles. The van der Waals surface area contributed by atoms with Gasteiger partial charge in [-0.3, -0.25) is 9.69 Å². The Morgan fingerprint density at radius 3 is 2.17 bits per heavy atom. The van der Waals surface area contributed by atoms with Gasteiger partial charge in [-0.05, 0) is 17.9 Å². The van der Waals surface area contributed by atoms with Crippen molar-refractivity contribution < 1.29 is 4.79 Å². The van der Waals surface area contributed by atoms with Crippen LogP contribution in [-0.4, -0.2) is 54.5 Å². The Labute approximate surface area is 152 Å². The molecule has 1 aliphatic heterocycles. The molecule has 0 radical (unpaired) electrons. The Hall–Kier alpha value is -0.810. The van der Waals surface area contributed by atoms with E-state index in [1.54, 1.807) is 0 Å². The highest BCUT2D eigenvalue weighted by molar-refractivity contribution is 5.85. The van der Waals surface area contributed by atoms with Crippen LogP contribution in [0.3, 0.4) is 0 Å². The van der Waals surface area contributed by atoms with Gasteiger partial charge in [-0.1, -0.05) is 44.2 Å². The van der Waals surface area contributed by atoms with E-state index in [0.29, 0.717) is 12.3 Å². The fourth-order valence-electron chi connectivity index (χ4n) is 2.86. The summed E-state index contributed by atoms with van der Waals surface area (Å²) in [5, 5.41) is 0. The Morgan fingerprint density at radius 1 is 1.09 bits per heavy atom. The fourth-order valence-corrected chi connectivity index (χ4v) is 2.86. The minimum Gasteiger partial charge on any atom is -0.339 e. The molecule has 4 nitrogen and oxygen atoms in total. The van der Waals surface area contributed by atoms with Crippen LogP contribution in [0.2, 0.25) is 0 Å². The van der Waals surface area contributed by atoms with Gasteiger partial charge in [0.25, 0.3) is 0 Å². The second-order valence-electron chi connectivity index (χ2n) is 6.32. The summed E-state index contributed by atoms with van der Waals surface area (Å²) in [6.07, 6.45) is 0.617. The summed E-state index contributed by atoms with van der Waals surface area (Å²) < 4.78 is 0. The van der Waals surface area contributed by atoms with Crippen molar-refractivity contribution in [1.82, 2.24) is 9.80 Å². The van der Waals surface area contributed by atoms with Gasteiger partial charge in [0.2, 0.25) is 5.91 Å². The molecule has 1 aliphatic rings. The van der Waals surface area contributed by atoms with Crippen LogP contribution in [0.15, 0.2) is 30.3 Å². The van der Waals surface area contributed by atoms with Crippen molar-refractivity contribution in [3.05, 3.63) is 35.9 Å². The Kier molecular flexibility index (Phi) is 10.5. The molecular weight excluding hydrogens is 333 g/mol. The number of hydrogen-bond acceptors (Lipinski definition) is 3. The lowest BCUT2D eigenvalue weighted by molar-refractivity contribution is -0.134. The van der Waals surface area contributed by atoms with Gasteiger partial charge in [0, 0.05) is 32.7 Å². The zero-order valence-electron chi connectivity index (χ0n) is 14.0. The molecule has 2 rings (SSSR count). The van der Waals surface area contributed by atoms with Crippen molar-refractivity contribution in [2.75, 3.05) is 32.7 Å². The van der Waals surface area contributed by atoms with Crippen LogP contribution in [0.25, 0.3) is 0 Å². The number of piperazine rings is 1. The Bertz CT molecular complexity index is 448. The summed E-state index contributed by atoms with van der Waals surface area (Å²) in [6, 6.07) is 9.56. The van der Waals surface area contributed by atoms with Crippen LogP contribution in [0.5, 0.6) is 0 Å². The van der Waals surface area contributed by atoms with Crippen LogP contribution in [0.1, 0.15) is 19.4 Å². The third-order valence-electron chi connectivity index (χ3n) is 3.92. The molecule has 23 heavy (non-hydrogen) atoms. The minimum atomic E-state index is -0.427. The molecule has 1 unspecified atom stereocenters. The van der Waals surface area contributed by atoms with Crippen molar-refractivity contribution in [2.45, 2.75) is 26.3 Å². The third kappa shape index (κ3) is 7.08. The first-order valence-corrected chi connectivity index (χ1v) is 7.87. The lowest BCUT2D eigenvalue weighted by atomic mass is 10.1. The fraction of sp³-hybridized carbons (Fsp3) is 0.588. The van der Waals surface area contributed by atoms with Crippen LogP contribution in [0, 0.1) is 5.92 Å². The molecule has 0 spiro atoms. The van der Waals surface area contributed by atoms with Gasteiger partial charge in [0.05, 0.1) is 6.04 Å². The van der Waals surface area contributed by atoms with E-state index in [-0.39, 0.29) is 30.7 Å². The second-order valence-corrected chi connectivity index (χ2v) is 6.32. The molecule has 0 saturated carbocycles. The van der Waals surface area contributed by atoms with Crippen LogP contribution in [-0.2, 0) is 11.2 Å². The van der Waals surface area contributed by atoms with Gasteiger partial charge in [-0.15, -0.1) is 24.8 Å². The maximum absolute atomic E-state index is 12.4. The molecule has 1 atom stereocenters. The highest BCUT2D eigenvalue weighted by atomic mass is 35.5. The van der Waals surface area contributed by atoms with Gasteiger partial charge in [0.1, 0.15) is 0 Å². The van der Waals surface area contributed by atoms with E-state index in [2.05, 4.69) is 18.7 Å². The van der Waals surface area contributed by atoms with E-state index in [0.717, 1.165) is 38.3 Å². The first kappa shape index (κ1) is 22.2. The molecule has 1 aromatic rings. The first-order valence-electron chi connectivity index (χ1n) is 7.87. The van der Waals surface area contributed by atoms with Crippen LogP contribution in [0.4, 0.5) is 0 Å². The number of halogens is 2. The number of carbonyl (C=O) groups excluding carboxylic acids is 1. The quantitative estimate of drug-likeness (QED) is 0.874. The number of benzene rings is 1. The Morgan fingerprint density at radius 2 is 1.65 bits per heavy atom. The summed E-state index contributed by atoms with van der Waals surface area (Å²) in [5.74, 6) is 0.760. The topological polar surface area (TPSA) is 49.6 Å². The summed E-state index contributed by atoms with van der Waals surface area (Å²) >= 11 is 0. The van der Waals surface area contributed by atoms with Gasteiger partial charge >= 0.3 is 0 Å². The number of hydrogen-bond donors (Lipinski definition) is 1. The molecular formula is C17H29Cl2N3O. The van der Waals surface area contributed by atoms with Crippen molar-refractivity contribution in [1.29, 1.82) is 0 Å². The number of nitrogens with two attached hydrogens (primary N) is 1. The monoisotopic (exact) mass is 361 g/mol. The normalized spacial score (nSPS) is 16.4. The first-order chi connectivity index (χ1) is 10.1. The number of rotatable bonds is 5. The van der Waals surface area contributed by atoms with Crippen molar-refractivity contribution in [2.24, 2.45) is 11.7 Å². The number of carbonyl (C=O) groups is 1. The average Bonchev–Trinajstić information content (AvgIpc) is 2.47. The lowest BCUT2D eigenvalue weighted by Gasteiger charge is -2.36. The molecule has 132 valence electrons. The van der Waals surface area contributed by atoms with Crippen molar-refractivity contribution in [3.8, 4) is 0 Å². The average molecular weight is 362 g/mol. The van der Waals surface area contributed by atoms with Gasteiger partial charge in [0.15, 0.2) is 0 Å². The largest absolute Gasteiger partial charge is 0.339 e. The molecule has 1 amide bonds. The standard InChI is InChI=1S/C17H27N3O.2ClH/c1-14(2)13-19-8-10-20(11-9-19)17(21)16(18)12-15-6-4-3-5-7-15;;/h3-7,14,16H,8-13,18H2,1-2H3;2*1H. The molecule has 1 aromatic carbocycles. The molecule has 1 saturated heterocycles. The lowest BCUT2D eigenvalue weighted by Crippen LogP contribution is -2.54. The highest BCUT2D eigenvalue weighted by Gasteiger charge is 2.25. The maximum Gasteiger partial charge on any atom is 0.239 e. The van der Waals surface area contributed by atoms with E-state index < -0.39 is 6.04 Å². The van der Waals surface area contributed by atoms with Gasteiger partial charge < -0.3 is 10.6 Å². The Balaban J connectivity index is 0.00000242. The van der Waals surface area contributed by atoms with E-state index in [1.807, 2.05) is 35.2 Å². The van der Waals surface area contributed by atoms with Crippen LogP contribution >= 0.6 is 24.8 Å².